The van der Waals surface area contributed by atoms with Crippen LogP contribution in [0.3, 0.4) is 0 Å². The number of benzene rings is 2. The summed E-state index contributed by atoms with van der Waals surface area (Å²) < 4.78 is 5.62. The number of hydrazone groups is 1. The Hall–Kier alpha value is -3.45. The summed E-state index contributed by atoms with van der Waals surface area (Å²) in [7, 11) is 0. The average Bonchev–Trinajstić information content (AvgIpc) is 3.12. The van der Waals surface area contributed by atoms with E-state index >= 15 is 0 Å². The lowest BCUT2D eigenvalue weighted by Crippen LogP contribution is -2.19. The summed E-state index contributed by atoms with van der Waals surface area (Å²) in [4.78, 5) is 22.5. The largest absolute Gasteiger partial charge is 0.455 e. The van der Waals surface area contributed by atoms with Gasteiger partial charge in [0.2, 0.25) is 5.91 Å². The van der Waals surface area contributed by atoms with Gasteiger partial charge in [0, 0.05) is 22.2 Å². The van der Waals surface area contributed by atoms with Gasteiger partial charge in [0.05, 0.1) is 17.6 Å². The van der Waals surface area contributed by atoms with Crippen molar-refractivity contribution in [3.05, 3.63) is 86.6 Å². The fraction of sp³-hybridized carbons (Fsp3) is 0.100. The lowest BCUT2D eigenvalue weighted by Gasteiger charge is -2.01. The van der Waals surface area contributed by atoms with Crippen molar-refractivity contribution in [3.8, 4) is 11.3 Å². The van der Waals surface area contributed by atoms with E-state index in [9.17, 15) is 14.9 Å². The lowest BCUT2D eigenvalue weighted by molar-refractivity contribution is -0.385. The summed E-state index contributed by atoms with van der Waals surface area (Å²) in [6.07, 6.45) is 1.54. The van der Waals surface area contributed by atoms with Crippen LogP contribution in [0.1, 0.15) is 16.9 Å². The molecule has 0 aliphatic heterocycles. The molecule has 3 aromatic rings. The molecule has 0 bridgehead atoms. The number of rotatable bonds is 6. The lowest BCUT2D eigenvalue weighted by atomic mass is 10.1. The molecule has 3 rings (SSSR count). The highest BCUT2D eigenvalue weighted by Crippen LogP contribution is 2.27. The quantitative estimate of drug-likeness (QED) is 0.376. The normalized spacial score (nSPS) is 10.9. The van der Waals surface area contributed by atoms with Crippen LogP contribution >= 0.6 is 11.6 Å². The first kappa shape index (κ1) is 19.3. The molecule has 0 radical (unpaired) electrons. The van der Waals surface area contributed by atoms with Crippen molar-refractivity contribution < 1.29 is 14.1 Å². The van der Waals surface area contributed by atoms with Gasteiger partial charge in [-0.3, -0.25) is 14.9 Å². The predicted octanol–water partition coefficient (Wildman–Crippen LogP) is 4.51. The van der Waals surface area contributed by atoms with Gasteiger partial charge in [0.15, 0.2) is 0 Å². The molecule has 0 saturated heterocycles. The number of carbonyl (C=O) groups is 1. The maximum atomic E-state index is 11.9. The molecule has 0 aliphatic rings. The van der Waals surface area contributed by atoms with E-state index < -0.39 is 4.92 Å². The molecule has 0 spiro atoms. The Morgan fingerprint density at radius 3 is 2.68 bits per heavy atom. The number of nitro groups is 1. The van der Waals surface area contributed by atoms with Gasteiger partial charge in [-0.25, -0.2) is 5.43 Å². The molecule has 8 heteroatoms. The zero-order chi connectivity index (χ0) is 20.1. The first-order chi connectivity index (χ1) is 13.4. The van der Waals surface area contributed by atoms with Crippen LogP contribution in [-0.2, 0) is 11.2 Å². The number of aryl methyl sites for hydroxylation is 1. The van der Waals surface area contributed by atoms with Gasteiger partial charge in [-0.15, -0.1) is 0 Å². The van der Waals surface area contributed by atoms with Crippen LogP contribution < -0.4 is 5.43 Å². The van der Waals surface area contributed by atoms with Gasteiger partial charge < -0.3 is 4.42 Å². The Balaban J connectivity index is 1.62. The molecule has 1 amide bonds. The number of nitrogens with one attached hydrogen (secondary N) is 1. The monoisotopic (exact) mass is 397 g/mol. The van der Waals surface area contributed by atoms with E-state index in [2.05, 4.69) is 10.5 Å². The van der Waals surface area contributed by atoms with Crippen molar-refractivity contribution in [1.82, 2.24) is 5.43 Å². The van der Waals surface area contributed by atoms with E-state index in [4.69, 9.17) is 16.0 Å². The minimum atomic E-state index is -0.430. The van der Waals surface area contributed by atoms with Gasteiger partial charge in [-0.2, -0.15) is 5.10 Å². The van der Waals surface area contributed by atoms with Crippen LogP contribution in [0.2, 0.25) is 5.02 Å². The predicted molar refractivity (Wildman–Crippen MR) is 106 cm³/mol. The second kappa shape index (κ2) is 8.49. The minimum absolute atomic E-state index is 0.0265. The number of nitro benzene ring substituents is 1. The first-order valence-electron chi connectivity index (χ1n) is 8.34. The zero-order valence-corrected chi connectivity index (χ0v) is 15.6. The van der Waals surface area contributed by atoms with Crippen LogP contribution in [0.5, 0.6) is 0 Å². The Morgan fingerprint density at radius 1 is 1.21 bits per heavy atom. The van der Waals surface area contributed by atoms with Crippen LogP contribution in [-0.4, -0.2) is 17.0 Å². The van der Waals surface area contributed by atoms with Crippen LogP contribution in [0.15, 0.2) is 64.1 Å². The summed E-state index contributed by atoms with van der Waals surface area (Å²) in [5.74, 6) is 0.599. The van der Waals surface area contributed by atoms with E-state index in [0.717, 1.165) is 5.56 Å². The molecular weight excluding hydrogens is 382 g/mol. The number of halogens is 1. The van der Waals surface area contributed by atoms with E-state index in [1.54, 1.807) is 55.5 Å². The van der Waals surface area contributed by atoms with E-state index in [1.807, 2.05) is 0 Å². The first-order valence-corrected chi connectivity index (χ1v) is 8.72. The van der Waals surface area contributed by atoms with Crippen molar-refractivity contribution in [2.24, 2.45) is 5.10 Å². The molecule has 28 heavy (non-hydrogen) atoms. The number of furan rings is 1. The summed E-state index contributed by atoms with van der Waals surface area (Å²) >= 11 is 5.81. The SMILES string of the molecule is Cc1ccc(-c2ccc(/C=N\NC(=O)Cc3ccc(Cl)cc3)o2)cc1[N+](=O)[O-]. The molecule has 142 valence electrons. The molecular formula is C20H16ClN3O4. The number of amides is 1. The topological polar surface area (TPSA) is 97.7 Å². The van der Waals surface area contributed by atoms with Crippen molar-refractivity contribution in [1.29, 1.82) is 0 Å². The van der Waals surface area contributed by atoms with Gasteiger partial charge in [-0.1, -0.05) is 35.9 Å². The maximum absolute atomic E-state index is 11.9. The van der Waals surface area contributed by atoms with Gasteiger partial charge in [0.25, 0.3) is 5.69 Å². The van der Waals surface area contributed by atoms with E-state index in [0.29, 0.717) is 27.7 Å². The molecule has 7 nitrogen and oxygen atoms in total. The number of hydrogen-bond acceptors (Lipinski definition) is 5. The van der Waals surface area contributed by atoms with Crippen LogP contribution in [0.4, 0.5) is 5.69 Å². The number of carbonyl (C=O) groups excluding carboxylic acids is 1. The highest BCUT2D eigenvalue weighted by molar-refractivity contribution is 6.30. The second-order valence-corrected chi connectivity index (χ2v) is 6.49. The highest BCUT2D eigenvalue weighted by Gasteiger charge is 2.13. The Kier molecular flexibility index (Phi) is 5.86. The number of hydrogen-bond donors (Lipinski definition) is 1. The summed E-state index contributed by atoms with van der Waals surface area (Å²) in [5.41, 5.74) is 4.43. The molecule has 1 heterocycles. The molecule has 0 aliphatic carbocycles. The van der Waals surface area contributed by atoms with E-state index in [1.165, 1.54) is 12.3 Å². The molecule has 2 aromatic carbocycles. The molecule has 0 fully saturated rings. The van der Waals surface area contributed by atoms with Crippen LogP contribution in [0.25, 0.3) is 11.3 Å². The van der Waals surface area contributed by atoms with Crippen molar-refractivity contribution >= 4 is 29.4 Å². The van der Waals surface area contributed by atoms with Crippen molar-refractivity contribution in [2.75, 3.05) is 0 Å². The fourth-order valence-corrected chi connectivity index (χ4v) is 2.66. The van der Waals surface area contributed by atoms with Crippen LogP contribution in [0, 0.1) is 17.0 Å². The highest BCUT2D eigenvalue weighted by atomic mass is 35.5. The average molecular weight is 398 g/mol. The Labute approximate surface area is 165 Å². The summed E-state index contributed by atoms with van der Waals surface area (Å²) in [6.45, 7) is 1.68. The summed E-state index contributed by atoms with van der Waals surface area (Å²) in [6, 6.07) is 15.2. The van der Waals surface area contributed by atoms with Gasteiger partial charge in [0.1, 0.15) is 11.5 Å². The standard InChI is InChI=1S/C20H16ClN3O4/c1-13-2-5-15(11-18(13)24(26)27)19-9-8-17(28-19)12-22-23-20(25)10-14-3-6-16(21)7-4-14/h2-9,11-12H,10H2,1H3,(H,23,25)/b22-12-. The number of nitrogens with zero attached hydrogens (tertiary/aromatic N) is 2. The van der Waals surface area contributed by atoms with Gasteiger partial charge in [-0.05, 0) is 36.8 Å². The van der Waals surface area contributed by atoms with E-state index in [-0.39, 0.29) is 18.0 Å². The van der Waals surface area contributed by atoms with Crippen molar-refractivity contribution in [3.63, 3.8) is 0 Å². The molecule has 1 aromatic heterocycles. The third-order valence-electron chi connectivity index (χ3n) is 3.98. The second-order valence-electron chi connectivity index (χ2n) is 6.06. The summed E-state index contributed by atoms with van der Waals surface area (Å²) in [5, 5.41) is 15.5. The molecule has 1 N–H and O–H groups in total. The Bertz CT molecular complexity index is 1040. The molecule has 0 saturated carbocycles. The molecule has 0 atom stereocenters. The Morgan fingerprint density at radius 2 is 1.96 bits per heavy atom. The fourth-order valence-electron chi connectivity index (χ4n) is 2.53. The zero-order valence-electron chi connectivity index (χ0n) is 14.9. The van der Waals surface area contributed by atoms with Crippen molar-refractivity contribution in [2.45, 2.75) is 13.3 Å². The molecule has 0 unspecified atom stereocenters. The minimum Gasteiger partial charge on any atom is -0.455 e. The smallest absolute Gasteiger partial charge is 0.273 e. The maximum Gasteiger partial charge on any atom is 0.273 e. The third-order valence-corrected chi connectivity index (χ3v) is 4.23. The van der Waals surface area contributed by atoms with Gasteiger partial charge >= 0.3 is 0 Å². The third kappa shape index (κ3) is 4.83.